The normalized spacial score (nSPS) is 11.7. The minimum absolute atomic E-state index is 0.0244. The van der Waals surface area contributed by atoms with E-state index in [4.69, 9.17) is 16.3 Å². The highest BCUT2D eigenvalue weighted by atomic mass is 35.5. The summed E-state index contributed by atoms with van der Waals surface area (Å²) in [6.45, 7) is 0.119. The minimum atomic E-state index is -4.47. The summed E-state index contributed by atoms with van der Waals surface area (Å²) in [5.74, 6) is 0.586. The van der Waals surface area contributed by atoms with Crippen LogP contribution in [0.2, 0.25) is 0 Å². The van der Waals surface area contributed by atoms with Crippen molar-refractivity contribution in [1.29, 1.82) is 0 Å². The highest BCUT2D eigenvalue weighted by molar-refractivity contribution is 6.17. The molecule has 0 saturated heterocycles. The van der Waals surface area contributed by atoms with Gasteiger partial charge in [0, 0.05) is 31.7 Å². The summed E-state index contributed by atoms with van der Waals surface area (Å²) < 4.78 is 46.0. The van der Waals surface area contributed by atoms with Crippen molar-refractivity contribution in [2.75, 3.05) is 6.61 Å². The summed E-state index contributed by atoms with van der Waals surface area (Å²) in [5.41, 5.74) is -0.402. The monoisotopic (exact) mass is 318 g/mol. The molecule has 1 aromatic heterocycles. The van der Waals surface area contributed by atoms with Gasteiger partial charge in [-0.3, -0.25) is 0 Å². The molecule has 1 aromatic carbocycles. The van der Waals surface area contributed by atoms with Crippen LogP contribution >= 0.6 is 11.6 Å². The van der Waals surface area contributed by atoms with E-state index in [1.165, 1.54) is 12.1 Å². The van der Waals surface area contributed by atoms with Crippen LogP contribution in [0.3, 0.4) is 0 Å². The molecule has 0 N–H and O–H groups in total. The van der Waals surface area contributed by atoms with E-state index in [1.54, 1.807) is 17.0 Å². The molecule has 7 heteroatoms. The number of aryl methyl sites for hydroxylation is 1. The van der Waals surface area contributed by atoms with Crippen LogP contribution in [0, 0.1) is 0 Å². The smallest absolute Gasteiger partial charge is 0.419 e. The lowest BCUT2D eigenvalue weighted by Crippen LogP contribution is -2.12. The first-order valence-electron chi connectivity index (χ1n) is 6.27. The number of hydrogen-bond donors (Lipinski definition) is 0. The van der Waals surface area contributed by atoms with E-state index in [0.29, 0.717) is 12.0 Å². The van der Waals surface area contributed by atoms with Crippen molar-refractivity contribution in [2.45, 2.75) is 18.5 Å². The molecule has 0 radical (unpaired) electrons. The lowest BCUT2D eigenvalue weighted by atomic mass is 10.1. The number of rotatable bonds is 5. The maximum absolute atomic E-state index is 13.0. The summed E-state index contributed by atoms with van der Waals surface area (Å²) in [7, 11) is 1.82. The van der Waals surface area contributed by atoms with Gasteiger partial charge in [0.2, 0.25) is 0 Å². The molecule has 0 aliphatic carbocycles. The zero-order valence-electron chi connectivity index (χ0n) is 11.3. The molecule has 1 heterocycles. The van der Waals surface area contributed by atoms with Crippen molar-refractivity contribution >= 4 is 11.6 Å². The van der Waals surface area contributed by atoms with E-state index in [9.17, 15) is 13.2 Å². The van der Waals surface area contributed by atoms with Gasteiger partial charge in [-0.15, -0.1) is 11.6 Å². The van der Waals surface area contributed by atoms with Crippen LogP contribution in [0.25, 0.3) is 0 Å². The maximum Gasteiger partial charge on any atom is 0.419 e. The van der Waals surface area contributed by atoms with Gasteiger partial charge in [0.1, 0.15) is 11.6 Å². The summed E-state index contributed by atoms with van der Waals surface area (Å²) in [5, 5.41) is 0. The number of benzene rings is 1. The summed E-state index contributed by atoms with van der Waals surface area (Å²) in [6.07, 6.45) is -0.643. The SMILES string of the molecule is Cn1ccnc1CCOc1ccc(CCl)cc1C(F)(F)F. The highest BCUT2D eigenvalue weighted by Crippen LogP contribution is 2.37. The Kier molecular flexibility index (Phi) is 4.77. The fourth-order valence-corrected chi connectivity index (χ4v) is 2.06. The molecule has 114 valence electrons. The lowest BCUT2D eigenvalue weighted by Gasteiger charge is -2.15. The van der Waals surface area contributed by atoms with Gasteiger partial charge in [-0.2, -0.15) is 13.2 Å². The summed E-state index contributed by atoms with van der Waals surface area (Å²) in [4.78, 5) is 4.09. The van der Waals surface area contributed by atoms with Crippen LogP contribution < -0.4 is 4.74 Å². The van der Waals surface area contributed by atoms with E-state index in [1.807, 2.05) is 7.05 Å². The first-order valence-corrected chi connectivity index (χ1v) is 6.80. The molecule has 0 amide bonds. The third-order valence-corrected chi connectivity index (χ3v) is 3.32. The molecule has 0 atom stereocenters. The summed E-state index contributed by atoms with van der Waals surface area (Å²) in [6, 6.07) is 3.85. The Bertz CT molecular complexity index is 611. The van der Waals surface area contributed by atoms with E-state index in [-0.39, 0.29) is 18.2 Å². The number of hydrogen-bond acceptors (Lipinski definition) is 2. The molecule has 0 fully saturated rings. The maximum atomic E-state index is 13.0. The van der Waals surface area contributed by atoms with Crippen molar-refractivity contribution < 1.29 is 17.9 Å². The van der Waals surface area contributed by atoms with Crippen molar-refractivity contribution in [3.63, 3.8) is 0 Å². The van der Waals surface area contributed by atoms with Crippen molar-refractivity contribution in [3.8, 4) is 5.75 Å². The standard InChI is InChI=1S/C14H14ClF3N2O/c1-20-6-5-19-13(20)4-7-21-12-3-2-10(9-15)8-11(12)14(16,17)18/h2-3,5-6,8H,4,7,9H2,1H3. The number of halogens is 4. The Hall–Kier alpha value is -1.69. The molecule has 0 bridgehead atoms. The second-order valence-electron chi connectivity index (χ2n) is 4.51. The second-order valence-corrected chi connectivity index (χ2v) is 4.78. The Morgan fingerprint density at radius 3 is 2.67 bits per heavy atom. The molecule has 21 heavy (non-hydrogen) atoms. The van der Waals surface area contributed by atoms with E-state index in [2.05, 4.69) is 4.98 Å². The Morgan fingerprint density at radius 2 is 2.10 bits per heavy atom. The molecule has 0 aliphatic rings. The average Bonchev–Trinajstić information content (AvgIpc) is 2.83. The van der Waals surface area contributed by atoms with Crippen LogP contribution in [-0.2, 0) is 25.5 Å². The second kappa shape index (κ2) is 6.39. The van der Waals surface area contributed by atoms with Gasteiger partial charge in [-0.1, -0.05) is 6.07 Å². The zero-order valence-corrected chi connectivity index (χ0v) is 12.1. The molecule has 0 aliphatic heterocycles. The molecular formula is C14H14ClF3N2O. The predicted octanol–water partition coefficient (Wildman–Crippen LogP) is 3.80. The highest BCUT2D eigenvalue weighted by Gasteiger charge is 2.34. The van der Waals surface area contributed by atoms with E-state index in [0.717, 1.165) is 11.9 Å². The Balaban J connectivity index is 2.10. The lowest BCUT2D eigenvalue weighted by molar-refractivity contribution is -0.139. The van der Waals surface area contributed by atoms with Crippen LogP contribution in [0.4, 0.5) is 13.2 Å². The van der Waals surface area contributed by atoms with Gasteiger partial charge in [0.15, 0.2) is 0 Å². The average molecular weight is 319 g/mol. The van der Waals surface area contributed by atoms with Crippen molar-refractivity contribution in [1.82, 2.24) is 9.55 Å². The Labute approximate surface area is 125 Å². The minimum Gasteiger partial charge on any atom is -0.492 e. The quantitative estimate of drug-likeness (QED) is 0.784. The Morgan fingerprint density at radius 1 is 1.33 bits per heavy atom. The number of ether oxygens (including phenoxy) is 1. The molecule has 3 nitrogen and oxygen atoms in total. The van der Waals surface area contributed by atoms with Crippen LogP contribution in [0.15, 0.2) is 30.6 Å². The first-order chi connectivity index (χ1) is 9.91. The van der Waals surface area contributed by atoms with Crippen LogP contribution in [0.1, 0.15) is 17.0 Å². The van der Waals surface area contributed by atoms with Crippen LogP contribution in [-0.4, -0.2) is 16.2 Å². The van der Waals surface area contributed by atoms with Gasteiger partial charge >= 0.3 is 6.18 Å². The fourth-order valence-electron chi connectivity index (χ4n) is 1.90. The zero-order chi connectivity index (χ0) is 15.5. The largest absolute Gasteiger partial charge is 0.492 e. The van der Waals surface area contributed by atoms with Crippen molar-refractivity contribution in [2.24, 2.45) is 7.05 Å². The third kappa shape index (κ3) is 3.91. The predicted molar refractivity (Wildman–Crippen MR) is 73.4 cm³/mol. The van der Waals surface area contributed by atoms with Gasteiger partial charge in [0.25, 0.3) is 0 Å². The molecule has 0 unspecified atom stereocenters. The molecule has 2 rings (SSSR count). The van der Waals surface area contributed by atoms with E-state index < -0.39 is 11.7 Å². The van der Waals surface area contributed by atoms with Crippen molar-refractivity contribution in [3.05, 3.63) is 47.5 Å². The fraction of sp³-hybridized carbons (Fsp3) is 0.357. The number of aromatic nitrogens is 2. The summed E-state index contributed by atoms with van der Waals surface area (Å²) >= 11 is 5.57. The molecule has 0 saturated carbocycles. The first kappa shape index (κ1) is 15.7. The van der Waals surface area contributed by atoms with Crippen LogP contribution in [0.5, 0.6) is 5.75 Å². The van der Waals surface area contributed by atoms with Gasteiger partial charge in [0.05, 0.1) is 12.2 Å². The van der Waals surface area contributed by atoms with Gasteiger partial charge in [-0.25, -0.2) is 4.98 Å². The topological polar surface area (TPSA) is 27.1 Å². The molecule has 2 aromatic rings. The third-order valence-electron chi connectivity index (χ3n) is 3.01. The number of alkyl halides is 4. The number of nitrogens with zero attached hydrogens (tertiary/aromatic N) is 2. The number of imidazole rings is 1. The van der Waals surface area contributed by atoms with Gasteiger partial charge < -0.3 is 9.30 Å². The van der Waals surface area contributed by atoms with Gasteiger partial charge in [-0.05, 0) is 17.7 Å². The van der Waals surface area contributed by atoms with E-state index >= 15 is 0 Å². The molecular weight excluding hydrogens is 305 g/mol. The molecule has 0 spiro atoms.